The third kappa shape index (κ3) is 5.73. The number of likely N-dealkylation sites (tertiary alicyclic amines) is 1. The second-order valence-electron chi connectivity index (χ2n) is 6.92. The Morgan fingerprint density at radius 2 is 1.66 bits per heavy atom. The molecule has 0 aromatic heterocycles. The van der Waals surface area contributed by atoms with Gasteiger partial charge < -0.3 is 4.90 Å². The molecule has 2 aromatic carbocycles. The van der Waals surface area contributed by atoms with Gasteiger partial charge in [-0.2, -0.15) is 4.31 Å². The molecule has 1 amide bonds. The van der Waals surface area contributed by atoms with E-state index < -0.39 is 10.0 Å². The summed E-state index contributed by atoms with van der Waals surface area (Å²) in [4.78, 5) is 14.7. The van der Waals surface area contributed by atoms with Crippen molar-refractivity contribution in [3.63, 3.8) is 0 Å². The molecule has 0 saturated carbocycles. The van der Waals surface area contributed by atoms with Crippen molar-refractivity contribution in [2.24, 2.45) is 0 Å². The van der Waals surface area contributed by atoms with Crippen LogP contribution in [-0.4, -0.2) is 43.2 Å². The summed E-state index contributed by atoms with van der Waals surface area (Å²) in [6.45, 7) is 1.13. The molecule has 2 aromatic rings. The van der Waals surface area contributed by atoms with Gasteiger partial charge in [-0.05, 0) is 61.2 Å². The van der Waals surface area contributed by atoms with Crippen LogP contribution in [0.1, 0.15) is 24.8 Å². The smallest absolute Gasteiger partial charge is 0.243 e. The molecule has 0 bridgehead atoms. The number of piperidine rings is 1. The van der Waals surface area contributed by atoms with Crippen LogP contribution in [0.2, 0.25) is 10.0 Å². The number of amides is 1. The predicted octanol–water partition coefficient (Wildman–Crippen LogP) is 4.96. The molecule has 29 heavy (non-hydrogen) atoms. The van der Waals surface area contributed by atoms with E-state index in [1.165, 1.54) is 16.4 Å². The summed E-state index contributed by atoms with van der Waals surface area (Å²) in [5.74, 6) is -0.189. The molecule has 1 heterocycles. The number of sulfonamides is 1. The van der Waals surface area contributed by atoms with Gasteiger partial charge in [-0.25, -0.2) is 8.42 Å². The maximum absolute atomic E-state index is 13.3. The van der Waals surface area contributed by atoms with Crippen molar-refractivity contribution in [3.8, 4) is 0 Å². The fraction of sp³-hybridized carbons (Fsp3) is 0.350. The zero-order valence-corrected chi connectivity index (χ0v) is 19.6. The van der Waals surface area contributed by atoms with Crippen LogP contribution in [0.15, 0.2) is 51.8 Å². The van der Waals surface area contributed by atoms with E-state index in [-0.39, 0.29) is 23.9 Å². The van der Waals surface area contributed by atoms with Crippen molar-refractivity contribution in [1.82, 2.24) is 9.21 Å². The van der Waals surface area contributed by atoms with Gasteiger partial charge in [0.05, 0.1) is 21.5 Å². The van der Waals surface area contributed by atoms with Crippen LogP contribution in [0.3, 0.4) is 0 Å². The number of halogens is 3. The van der Waals surface area contributed by atoms with E-state index in [1.807, 2.05) is 0 Å². The van der Waals surface area contributed by atoms with Crippen molar-refractivity contribution in [1.29, 1.82) is 0 Å². The van der Waals surface area contributed by atoms with Crippen LogP contribution in [0.25, 0.3) is 0 Å². The van der Waals surface area contributed by atoms with Gasteiger partial charge in [-0.3, -0.25) is 4.79 Å². The molecule has 9 heteroatoms. The second kappa shape index (κ2) is 9.79. The quantitative estimate of drug-likeness (QED) is 0.542. The highest BCUT2D eigenvalue weighted by molar-refractivity contribution is 9.10. The van der Waals surface area contributed by atoms with Crippen LogP contribution in [0.5, 0.6) is 0 Å². The lowest BCUT2D eigenvalue weighted by Crippen LogP contribution is -2.44. The number of rotatable bonds is 6. The molecule has 0 aliphatic carbocycles. The van der Waals surface area contributed by atoms with E-state index in [9.17, 15) is 13.2 Å². The molecule has 0 spiro atoms. The van der Waals surface area contributed by atoms with E-state index in [0.29, 0.717) is 28.7 Å². The summed E-state index contributed by atoms with van der Waals surface area (Å²) in [7, 11) is -3.88. The highest BCUT2D eigenvalue weighted by Crippen LogP contribution is 2.26. The third-order valence-corrected chi connectivity index (χ3v) is 7.89. The standard InChI is InChI=1S/C20H21BrCl2N2O3S/c21-16-5-7-17(8-6-16)29(27,28)25(13-15-4-9-18(22)19(23)12-15)14-20(26)24-10-2-1-3-11-24/h4-9,12H,1-3,10-11,13-14H2. The maximum Gasteiger partial charge on any atom is 0.243 e. The summed E-state index contributed by atoms with van der Waals surface area (Å²) < 4.78 is 28.6. The average molecular weight is 520 g/mol. The Balaban J connectivity index is 1.90. The molecule has 0 atom stereocenters. The Bertz CT molecular complexity index is 978. The zero-order valence-electron chi connectivity index (χ0n) is 15.7. The summed E-state index contributed by atoms with van der Waals surface area (Å²) in [5, 5.41) is 0.731. The van der Waals surface area contributed by atoms with Crippen LogP contribution >= 0.6 is 39.1 Å². The van der Waals surface area contributed by atoms with E-state index >= 15 is 0 Å². The lowest BCUT2D eigenvalue weighted by Gasteiger charge is -2.30. The normalized spacial score (nSPS) is 15.0. The monoisotopic (exact) mass is 518 g/mol. The van der Waals surface area contributed by atoms with Crippen molar-refractivity contribution < 1.29 is 13.2 Å². The maximum atomic E-state index is 13.3. The van der Waals surface area contributed by atoms with Crippen LogP contribution < -0.4 is 0 Å². The molecule has 0 N–H and O–H groups in total. The number of hydrogen-bond donors (Lipinski definition) is 0. The predicted molar refractivity (Wildman–Crippen MR) is 119 cm³/mol. The highest BCUT2D eigenvalue weighted by atomic mass is 79.9. The molecule has 156 valence electrons. The molecule has 1 aliphatic rings. The lowest BCUT2D eigenvalue weighted by atomic mass is 10.1. The molecule has 3 rings (SSSR count). The van der Waals surface area contributed by atoms with Crippen LogP contribution in [0, 0.1) is 0 Å². The van der Waals surface area contributed by atoms with Gasteiger partial charge in [0.2, 0.25) is 15.9 Å². The van der Waals surface area contributed by atoms with Gasteiger partial charge >= 0.3 is 0 Å². The van der Waals surface area contributed by atoms with Crippen molar-refractivity contribution in [2.45, 2.75) is 30.7 Å². The number of benzene rings is 2. The number of hydrogen-bond acceptors (Lipinski definition) is 3. The summed E-state index contributed by atoms with van der Waals surface area (Å²) >= 11 is 15.4. The van der Waals surface area contributed by atoms with Gasteiger partial charge in [-0.1, -0.05) is 45.2 Å². The molecule has 0 unspecified atom stereocenters. The highest BCUT2D eigenvalue weighted by Gasteiger charge is 2.29. The Labute approximate surface area is 189 Å². The average Bonchev–Trinajstić information content (AvgIpc) is 2.71. The molecular formula is C20H21BrCl2N2O3S. The largest absolute Gasteiger partial charge is 0.342 e. The van der Waals surface area contributed by atoms with Crippen molar-refractivity contribution >= 4 is 55.1 Å². The molecular weight excluding hydrogens is 499 g/mol. The van der Waals surface area contributed by atoms with Crippen molar-refractivity contribution in [2.75, 3.05) is 19.6 Å². The first-order chi connectivity index (χ1) is 13.8. The van der Waals surface area contributed by atoms with Gasteiger partial charge in [0.1, 0.15) is 0 Å². The fourth-order valence-electron chi connectivity index (χ4n) is 3.22. The minimum atomic E-state index is -3.88. The number of carbonyl (C=O) groups excluding carboxylic acids is 1. The first-order valence-electron chi connectivity index (χ1n) is 9.25. The second-order valence-corrected chi connectivity index (χ2v) is 10.6. The Morgan fingerprint density at radius 1 is 1.00 bits per heavy atom. The van der Waals surface area contributed by atoms with Gasteiger partial charge in [0.25, 0.3) is 0 Å². The van der Waals surface area contributed by atoms with Gasteiger partial charge in [-0.15, -0.1) is 0 Å². The minimum absolute atomic E-state index is 0.0227. The minimum Gasteiger partial charge on any atom is -0.342 e. The van der Waals surface area contributed by atoms with Gasteiger partial charge in [0.15, 0.2) is 0 Å². The number of nitrogens with zero attached hydrogens (tertiary/aromatic N) is 2. The SMILES string of the molecule is O=C(CN(Cc1ccc(Cl)c(Cl)c1)S(=O)(=O)c1ccc(Br)cc1)N1CCCCC1. The molecule has 1 fully saturated rings. The first-order valence-corrected chi connectivity index (χ1v) is 12.2. The first kappa shape index (κ1) is 22.6. The third-order valence-electron chi connectivity index (χ3n) is 4.81. The van der Waals surface area contributed by atoms with Gasteiger partial charge in [0, 0.05) is 24.1 Å². The Hall–Kier alpha value is -1.12. The molecule has 0 radical (unpaired) electrons. The van der Waals surface area contributed by atoms with E-state index in [2.05, 4.69) is 15.9 Å². The van der Waals surface area contributed by atoms with Crippen LogP contribution in [0.4, 0.5) is 0 Å². The van der Waals surface area contributed by atoms with Crippen molar-refractivity contribution in [3.05, 3.63) is 62.5 Å². The zero-order chi connectivity index (χ0) is 21.0. The summed E-state index contributed by atoms with van der Waals surface area (Å²) in [6.07, 6.45) is 2.98. The summed E-state index contributed by atoms with van der Waals surface area (Å²) in [5.41, 5.74) is 0.659. The fourth-order valence-corrected chi connectivity index (χ4v) is 5.18. The molecule has 5 nitrogen and oxygen atoms in total. The number of carbonyl (C=O) groups is 1. The van der Waals surface area contributed by atoms with E-state index in [1.54, 1.807) is 35.2 Å². The Morgan fingerprint density at radius 3 is 2.28 bits per heavy atom. The summed E-state index contributed by atoms with van der Waals surface area (Å²) in [6, 6.07) is 11.3. The van der Waals surface area contributed by atoms with E-state index in [4.69, 9.17) is 23.2 Å². The van der Waals surface area contributed by atoms with Crippen LogP contribution in [-0.2, 0) is 21.4 Å². The molecule has 1 saturated heterocycles. The lowest BCUT2D eigenvalue weighted by molar-refractivity contribution is -0.132. The van der Waals surface area contributed by atoms with E-state index in [0.717, 1.165) is 23.7 Å². The Kier molecular flexibility index (Phi) is 7.62. The molecule has 1 aliphatic heterocycles. The topological polar surface area (TPSA) is 57.7 Å².